The molecule has 4 aliphatic carbocycles. The number of hydrogen-bond acceptors (Lipinski definition) is 1. The van der Waals surface area contributed by atoms with E-state index in [1.807, 2.05) is 0 Å². The molecular formula is C19H23N. The van der Waals surface area contributed by atoms with Crippen molar-refractivity contribution in [2.75, 3.05) is 0 Å². The van der Waals surface area contributed by atoms with Gasteiger partial charge in [-0.3, -0.25) is 0 Å². The summed E-state index contributed by atoms with van der Waals surface area (Å²) < 4.78 is 0. The van der Waals surface area contributed by atoms with Crippen LogP contribution in [0.1, 0.15) is 49.1 Å². The van der Waals surface area contributed by atoms with E-state index in [2.05, 4.69) is 37.3 Å². The van der Waals surface area contributed by atoms with Gasteiger partial charge in [0.25, 0.3) is 0 Å². The van der Waals surface area contributed by atoms with Crippen molar-refractivity contribution in [3.63, 3.8) is 0 Å². The summed E-state index contributed by atoms with van der Waals surface area (Å²) in [6.07, 6.45) is 7.11. The van der Waals surface area contributed by atoms with E-state index in [4.69, 9.17) is 0 Å². The SMILES string of the molecule is Cc1ccc(C(C#N)C2C3CC4CC(C3)CC2C4)cc1. The predicted octanol–water partition coefficient (Wildman–Crippen LogP) is 4.67. The van der Waals surface area contributed by atoms with E-state index in [1.165, 1.54) is 43.2 Å². The van der Waals surface area contributed by atoms with Gasteiger partial charge in [0.05, 0.1) is 12.0 Å². The van der Waals surface area contributed by atoms with Crippen LogP contribution in [0.3, 0.4) is 0 Å². The Labute approximate surface area is 122 Å². The van der Waals surface area contributed by atoms with Crippen LogP contribution in [0.2, 0.25) is 0 Å². The molecule has 0 aliphatic heterocycles. The fraction of sp³-hybridized carbons (Fsp3) is 0.632. The van der Waals surface area contributed by atoms with Gasteiger partial charge < -0.3 is 0 Å². The Balaban J connectivity index is 1.65. The number of rotatable bonds is 2. The van der Waals surface area contributed by atoms with E-state index in [0.717, 1.165) is 23.7 Å². The van der Waals surface area contributed by atoms with Gasteiger partial charge >= 0.3 is 0 Å². The summed E-state index contributed by atoms with van der Waals surface area (Å²) in [6, 6.07) is 11.4. The van der Waals surface area contributed by atoms with Crippen LogP contribution in [0.25, 0.3) is 0 Å². The first-order chi connectivity index (χ1) is 9.74. The fourth-order valence-electron chi connectivity index (χ4n) is 5.67. The van der Waals surface area contributed by atoms with Gasteiger partial charge in [0, 0.05) is 0 Å². The first-order valence-electron chi connectivity index (χ1n) is 8.20. The maximum atomic E-state index is 9.78. The van der Waals surface area contributed by atoms with Crippen LogP contribution >= 0.6 is 0 Å². The first kappa shape index (κ1) is 12.5. The summed E-state index contributed by atoms with van der Waals surface area (Å²) in [5.41, 5.74) is 2.55. The van der Waals surface area contributed by atoms with E-state index in [1.54, 1.807) is 0 Å². The van der Waals surface area contributed by atoms with E-state index >= 15 is 0 Å². The highest BCUT2D eigenvalue weighted by Gasteiger charge is 2.50. The van der Waals surface area contributed by atoms with E-state index in [-0.39, 0.29) is 5.92 Å². The first-order valence-corrected chi connectivity index (χ1v) is 8.20. The summed E-state index contributed by atoms with van der Waals surface area (Å²) in [7, 11) is 0. The van der Waals surface area contributed by atoms with Crippen molar-refractivity contribution >= 4 is 0 Å². The van der Waals surface area contributed by atoms with E-state index in [0.29, 0.717) is 5.92 Å². The molecule has 4 aliphatic rings. The second-order valence-electron chi connectivity index (χ2n) is 7.53. The maximum Gasteiger partial charge on any atom is 0.0746 e. The zero-order valence-electron chi connectivity index (χ0n) is 12.3. The van der Waals surface area contributed by atoms with Crippen molar-refractivity contribution in [2.24, 2.45) is 29.6 Å². The summed E-state index contributed by atoms with van der Waals surface area (Å²) in [5.74, 6) is 4.41. The van der Waals surface area contributed by atoms with Gasteiger partial charge in [-0.15, -0.1) is 0 Å². The Morgan fingerprint density at radius 1 is 0.950 bits per heavy atom. The molecule has 0 saturated heterocycles. The highest BCUT2D eigenvalue weighted by molar-refractivity contribution is 5.30. The molecule has 0 amide bonds. The maximum absolute atomic E-state index is 9.78. The predicted molar refractivity (Wildman–Crippen MR) is 80.1 cm³/mol. The topological polar surface area (TPSA) is 23.8 Å². The van der Waals surface area contributed by atoms with Gasteiger partial charge in [-0.2, -0.15) is 5.26 Å². The van der Waals surface area contributed by atoms with Crippen LogP contribution in [0.15, 0.2) is 24.3 Å². The lowest BCUT2D eigenvalue weighted by atomic mass is 9.49. The van der Waals surface area contributed by atoms with Gasteiger partial charge in [-0.25, -0.2) is 0 Å². The van der Waals surface area contributed by atoms with Gasteiger partial charge in [0.2, 0.25) is 0 Å². The highest BCUT2D eigenvalue weighted by Crippen LogP contribution is 2.59. The molecule has 20 heavy (non-hydrogen) atoms. The fourth-order valence-corrected chi connectivity index (χ4v) is 5.67. The van der Waals surface area contributed by atoms with Crippen LogP contribution in [0, 0.1) is 47.8 Å². The van der Waals surface area contributed by atoms with Crippen LogP contribution in [-0.2, 0) is 0 Å². The molecule has 1 aromatic rings. The quantitative estimate of drug-likeness (QED) is 0.762. The van der Waals surface area contributed by atoms with Gasteiger partial charge in [-0.05, 0) is 74.2 Å². The smallest absolute Gasteiger partial charge is 0.0746 e. The van der Waals surface area contributed by atoms with Crippen LogP contribution in [0.4, 0.5) is 0 Å². The number of nitrogens with zero attached hydrogens (tertiary/aromatic N) is 1. The Kier molecular flexibility index (Phi) is 2.88. The third kappa shape index (κ3) is 1.89. The Morgan fingerprint density at radius 3 is 2.00 bits per heavy atom. The molecule has 4 bridgehead atoms. The van der Waals surface area contributed by atoms with E-state index < -0.39 is 0 Å². The monoisotopic (exact) mass is 265 g/mol. The molecule has 1 unspecified atom stereocenters. The van der Waals surface area contributed by atoms with Crippen molar-refractivity contribution in [2.45, 2.75) is 44.9 Å². The third-order valence-electron chi connectivity index (χ3n) is 6.26. The summed E-state index contributed by atoms with van der Waals surface area (Å²) in [4.78, 5) is 0. The van der Waals surface area contributed by atoms with Crippen LogP contribution in [0.5, 0.6) is 0 Å². The molecule has 5 rings (SSSR count). The molecule has 1 heteroatoms. The zero-order valence-corrected chi connectivity index (χ0v) is 12.3. The molecule has 104 valence electrons. The van der Waals surface area contributed by atoms with Gasteiger partial charge in [0.1, 0.15) is 0 Å². The molecule has 0 aromatic heterocycles. The Bertz CT molecular complexity index is 508. The largest absolute Gasteiger partial charge is 0.198 e. The molecule has 1 nitrogen and oxygen atoms in total. The Morgan fingerprint density at radius 2 is 1.50 bits per heavy atom. The minimum atomic E-state index is 0.130. The number of aryl methyl sites for hydroxylation is 1. The van der Waals surface area contributed by atoms with Crippen molar-refractivity contribution in [3.8, 4) is 6.07 Å². The molecule has 4 saturated carbocycles. The standard InChI is InChI=1S/C19H23N/c1-12-2-4-15(5-3-12)18(11-20)19-16-7-13-6-14(9-16)10-17(19)8-13/h2-5,13-14,16-19H,6-10H2,1H3. The van der Waals surface area contributed by atoms with Gasteiger partial charge in [0.15, 0.2) is 0 Å². The molecular weight excluding hydrogens is 242 g/mol. The van der Waals surface area contributed by atoms with Crippen molar-refractivity contribution in [3.05, 3.63) is 35.4 Å². The summed E-state index contributed by atoms with van der Waals surface area (Å²) in [6.45, 7) is 2.12. The van der Waals surface area contributed by atoms with Crippen LogP contribution in [-0.4, -0.2) is 0 Å². The van der Waals surface area contributed by atoms with Gasteiger partial charge in [-0.1, -0.05) is 29.8 Å². The number of benzene rings is 1. The highest BCUT2D eigenvalue weighted by atomic mass is 14.6. The second kappa shape index (κ2) is 4.62. The average Bonchev–Trinajstić information content (AvgIpc) is 2.43. The molecule has 0 spiro atoms. The lowest BCUT2D eigenvalue weighted by Gasteiger charge is -2.55. The lowest BCUT2D eigenvalue weighted by Crippen LogP contribution is -2.46. The number of nitriles is 1. The normalized spacial score (nSPS) is 39.5. The number of hydrogen-bond donors (Lipinski definition) is 0. The third-order valence-corrected chi connectivity index (χ3v) is 6.26. The molecule has 0 radical (unpaired) electrons. The van der Waals surface area contributed by atoms with E-state index in [9.17, 15) is 5.26 Å². The minimum absolute atomic E-state index is 0.130. The molecule has 4 fully saturated rings. The van der Waals surface area contributed by atoms with Crippen molar-refractivity contribution < 1.29 is 0 Å². The molecule has 1 atom stereocenters. The Hall–Kier alpha value is -1.29. The molecule has 0 heterocycles. The lowest BCUT2D eigenvalue weighted by molar-refractivity contribution is -0.0411. The molecule has 1 aromatic carbocycles. The minimum Gasteiger partial charge on any atom is -0.198 e. The van der Waals surface area contributed by atoms with Crippen molar-refractivity contribution in [1.82, 2.24) is 0 Å². The second-order valence-corrected chi connectivity index (χ2v) is 7.53. The van der Waals surface area contributed by atoms with Crippen LogP contribution < -0.4 is 0 Å². The zero-order chi connectivity index (χ0) is 13.7. The van der Waals surface area contributed by atoms with Crippen molar-refractivity contribution in [1.29, 1.82) is 5.26 Å². The molecule has 0 N–H and O–H groups in total. The average molecular weight is 265 g/mol. The summed E-state index contributed by atoms with van der Waals surface area (Å²) in [5, 5.41) is 9.78. The summed E-state index contributed by atoms with van der Waals surface area (Å²) >= 11 is 0.